The summed E-state index contributed by atoms with van der Waals surface area (Å²) in [7, 11) is 3.44. The number of fused-ring (bicyclic) bond motifs is 1. The number of methoxy groups -OCH3 is 1. The first-order valence-electron chi connectivity index (χ1n) is 9.16. The molecule has 0 fully saturated rings. The normalized spacial score (nSPS) is 11.2. The van der Waals surface area contributed by atoms with Gasteiger partial charge in [0, 0.05) is 43.5 Å². The highest BCUT2D eigenvalue weighted by molar-refractivity contribution is 5.83. The minimum absolute atomic E-state index is 0.433. The lowest BCUT2D eigenvalue weighted by Gasteiger charge is -2.10. The third kappa shape index (κ3) is 2.92. The third-order valence-electron chi connectivity index (χ3n) is 4.79. The van der Waals surface area contributed by atoms with Gasteiger partial charge in [-0.1, -0.05) is 0 Å². The van der Waals surface area contributed by atoms with Crippen LogP contribution in [-0.2, 0) is 7.05 Å². The van der Waals surface area contributed by atoms with Crippen LogP contribution in [0.1, 0.15) is 5.56 Å². The van der Waals surface area contributed by atoms with Crippen molar-refractivity contribution in [3.8, 4) is 28.8 Å². The Morgan fingerprint density at radius 2 is 2.03 bits per heavy atom. The average Bonchev–Trinajstić information content (AvgIpc) is 3.49. The Kier molecular flexibility index (Phi) is 4.12. The number of aromatic amines is 1. The molecule has 5 aromatic heterocycles. The number of aromatic nitrogens is 9. The van der Waals surface area contributed by atoms with E-state index in [0.717, 1.165) is 22.3 Å². The maximum absolute atomic E-state index is 5.08. The van der Waals surface area contributed by atoms with Gasteiger partial charge in [0.25, 0.3) is 0 Å². The van der Waals surface area contributed by atoms with Crippen LogP contribution >= 0.6 is 0 Å². The summed E-state index contributed by atoms with van der Waals surface area (Å²) in [6.45, 7) is 2.01. The summed E-state index contributed by atoms with van der Waals surface area (Å²) in [5, 5.41) is 23.2. The van der Waals surface area contributed by atoms with E-state index in [-0.39, 0.29) is 0 Å². The summed E-state index contributed by atoms with van der Waals surface area (Å²) in [6, 6.07) is 5.42. The molecule has 11 nitrogen and oxygen atoms in total. The first-order chi connectivity index (χ1) is 14.6. The zero-order chi connectivity index (χ0) is 20.7. The van der Waals surface area contributed by atoms with Crippen molar-refractivity contribution in [2.24, 2.45) is 7.05 Å². The Morgan fingerprint density at radius 3 is 2.70 bits per heavy atom. The van der Waals surface area contributed by atoms with Gasteiger partial charge in [0.05, 0.1) is 12.8 Å². The van der Waals surface area contributed by atoms with E-state index >= 15 is 0 Å². The van der Waals surface area contributed by atoms with Crippen molar-refractivity contribution in [3.05, 3.63) is 48.5 Å². The van der Waals surface area contributed by atoms with E-state index in [9.17, 15) is 0 Å². The van der Waals surface area contributed by atoms with E-state index in [1.807, 2.05) is 37.0 Å². The predicted molar refractivity (Wildman–Crippen MR) is 109 cm³/mol. The molecule has 5 rings (SSSR count). The van der Waals surface area contributed by atoms with Crippen LogP contribution in [0.5, 0.6) is 5.88 Å². The standard InChI is InChI=1S/C19H18N10O/c1-11-12(13-6-7-21-24-13)10-29-16(11)17(22-14-4-5-15(30-3)26-25-14)23-18(27-29)19-20-8-9-28(19)2/h4-10H,1-3H3,(H,21,24)(H,22,23,25,27). The van der Waals surface area contributed by atoms with Crippen molar-refractivity contribution < 1.29 is 4.74 Å². The molecule has 0 saturated carbocycles. The van der Waals surface area contributed by atoms with Crippen LogP contribution in [0, 0.1) is 6.92 Å². The van der Waals surface area contributed by atoms with Crippen LogP contribution in [-0.4, -0.2) is 51.7 Å². The second kappa shape index (κ2) is 6.95. The van der Waals surface area contributed by atoms with E-state index in [0.29, 0.717) is 29.2 Å². The lowest BCUT2D eigenvalue weighted by molar-refractivity contribution is 0.392. The number of hydrogen-bond acceptors (Lipinski definition) is 8. The maximum Gasteiger partial charge on any atom is 0.233 e. The van der Waals surface area contributed by atoms with Crippen molar-refractivity contribution in [1.82, 2.24) is 44.5 Å². The third-order valence-corrected chi connectivity index (χ3v) is 4.79. The highest BCUT2D eigenvalue weighted by Gasteiger charge is 2.19. The van der Waals surface area contributed by atoms with Gasteiger partial charge >= 0.3 is 0 Å². The number of H-pyrrole nitrogens is 1. The van der Waals surface area contributed by atoms with Gasteiger partial charge in [-0.15, -0.1) is 15.3 Å². The molecule has 11 heteroatoms. The second-order valence-corrected chi connectivity index (χ2v) is 6.66. The lowest BCUT2D eigenvalue weighted by atomic mass is 10.1. The number of nitrogens with zero attached hydrogens (tertiary/aromatic N) is 8. The summed E-state index contributed by atoms with van der Waals surface area (Å²) >= 11 is 0. The van der Waals surface area contributed by atoms with Gasteiger partial charge in [0.2, 0.25) is 11.7 Å². The fourth-order valence-corrected chi connectivity index (χ4v) is 3.29. The van der Waals surface area contributed by atoms with E-state index in [1.54, 1.807) is 36.2 Å². The molecule has 5 heterocycles. The number of imidazole rings is 1. The van der Waals surface area contributed by atoms with Crippen LogP contribution in [0.3, 0.4) is 0 Å². The molecule has 0 saturated heterocycles. The van der Waals surface area contributed by atoms with Crippen LogP contribution in [0.2, 0.25) is 0 Å². The molecule has 0 amide bonds. The Bertz CT molecular complexity index is 1320. The molecule has 0 atom stereocenters. The van der Waals surface area contributed by atoms with Gasteiger partial charge < -0.3 is 14.6 Å². The molecule has 0 aliphatic carbocycles. The summed E-state index contributed by atoms with van der Waals surface area (Å²) in [5.74, 6) is 2.68. The van der Waals surface area contributed by atoms with Crippen molar-refractivity contribution in [2.45, 2.75) is 6.92 Å². The molecule has 0 unspecified atom stereocenters. The Labute approximate surface area is 170 Å². The van der Waals surface area contributed by atoms with E-state index < -0.39 is 0 Å². The summed E-state index contributed by atoms with van der Waals surface area (Å²) in [6.07, 6.45) is 7.22. The van der Waals surface area contributed by atoms with Crippen LogP contribution in [0.25, 0.3) is 28.4 Å². The summed E-state index contributed by atoms with van der Waals surface area (Å²) in [5.41, 5.74) is 3.68. The molecule has 5 aromatic rings. The number of nitrogens with one attached hydrogen (secondary N) is 2. The Hall–Kier alpha value is -4.28. The van der Waals surface area contributed by atoms with Crippen LogP contribution in [0.15, 0.2) is 43.0 Å². The molecule has 0 radical (unpaired) electrons. The van der Waals surface area contributed by atoms with Gasteiger partial charge in [0.15, 0.2) is 17.5 Å². The summed E-state index contributed by atoms with van der Waals surface area (Å²) in [4.78, 5) is 9.13. The monoisotopic (exact) mass is 402 g/mol. The number of anilines is 2. The second-order valence-electron chi connectivity index (χ2n) is 6.66. The van der Waals surface area contributed by atoms with Crippen molar-refractivity contribution in [2.75, 3.05) is 12.4 Å². The fourth-order valence-electron chi connectivity index (χ4n) is 3.29. The minimum atomic E-state index is 0.433. The maximum atomic E-state index is 5.08. The van der Waals surface area contributed by atoms with Gasteiger partial charge in [-0.25, -0.2) is 14.5 Å². The highest BCUT2D eigenvalue weighted by atomic mass is 16.5. The Morgan fingerprint density at radius 1 is 1.13 bits per heavy atom. The zero-order valence-corrected chi connectivity index (χ0v) is 16.5. The van der Waals surface area contributed by atoms with Gasteiger partial charge in [-0.3, -0.25) is 5.10 Å². The molecule has 0 bridgehead atoms. The molecular weight excluding hydrogens is 384 g/mol. The lowest BCUT2D eigenvalue weighted by Crippen LogP contribution is -2.07. The zero-order valence-electron chi connectivity index (χ0n) is 16.5. The van der Waals surface area contributed by atoms with Gasteiger partial charge in [0.1, 0.15) is 5.52 Å². The molecular formula is C19H18N10O. The van der Waals surface area contributed by atoms with Gasteiger partial charge in [-0.2, -0.15) is 5.10 Å². The predicted octanol–water partition coefficient (Wildman–Crippen LogP) is 2.37. The first kappa shape index (κ1) is 17.8. The molecule has 2 N–H and O–H groups in total. The molecule has 30 heavy (non-hydrogen) atoms. The van der Waals surface area contributed by atoms with E-state index in [1.165, 1.54) is 0 Å². The van der Waals surface area contributed by atoms with E-state index in [2.05, 4.69) is 30.7 Å². The van der Waals surface area contributed by atoms with E-state index in [4.69, 9.17) is 14.8 Å². The average molecular weight is 402 g/mol. The minimum Gasteiger partial charge on any atom is -0.480 e. The smallest absolute Gasteiger partial charge is 0.233 e. The largest absolute Gasteiger partial charge is 0.480 e. The van der Waals surface area contributed by atoms with Crippen molar-refractivity contribution >= 4 is 17.2 Å². The summed E-state index contributed by atoms with van der Waals surface area (Å²) < 4.78 is 8.74. The number of rotatable bonds is 5. The number of hydrogen-bond donors (Lipinski definition) is 2. The van der Waals surface area contributed by atoms with Gasteiger partial charge in [-0.05, 0) is 24.6 Å². The molecule has 150 valence electrons. The molecule has 0 aliphatic rings. The number of aryl methyl sites for hydroxylation is 2. The molecule has 0 spiro atoms. The molecule has 0 aliphatic heterocycles. The molecule has 0 aromatic carbocycles. The highest BCUT2D eigenvalue weighted by Crippen LogP contribution is 2.31. The van der Waals surface area contributed by atoms with Crippen molar-refractivity contribution in [1.29, 1.82) is 0 Å². The quantitative estimate of drug-likeness (QED) is 0.459. The van der Waals surface area contributed by atoms with Crippen LogP contribution < -0.4 is 10.1 Å². The first-order valence-corrected chi connectivity index (χ1v) is 9.16. The number of ether oxygens (including phenoxy) is 1. The van der Waals surface area contributed by atoms with Crippen LogP contribution in [0.4, 0.5) is 11.6 Å². The fraction of sp³-hybridized carbons (Fsp3) is 0.158. The topological polar surface area (TPSA) is 124 Å². The van der Waals surface area contributed by atoms with Crippen molar-refractivity contribution in [3.63, 3.8) is 0 Å². The SMILES string of the molecule is COc1ccc(Nc2nc(-c3nccn3C)nn3cc(-c4ccn[nH]4)c(C)c23)nn1. The Balaban J connectivity index is 1.70.